The van der Waals surface area contributed by atoms with E-state index in [0.29, 0.717) is 24.8 Å². The fraction of sp³-hybridized carbons (Fsp3) is 0.520. The number of hydrogen-bond donors (Lipinski definition) is 2. The number of benzene rings is 1. The minimum Gasteiger partial charge on any atom is -0.356 e. The Bertz CT molecular complexity index is 978. The van der Waals surface area contributed by atoms with Crippen LogP contribution in [-0.4, -0.2) is 47.2 Å². The Kier molecular flexibility index (Phi) is 8.24. The van der Waals surface area contributed by atoms with Gasteiger partial charge in [-0.2, -0.15) is 0 Å². The van der Waals surface area contributed by atoms with Crippen LogP contribution in [0.3, 0.4) is 0 Å². The van der Waals surface area contributed by atoms with E-state index in [2.05, 4.69) is 27.8 Å². The van der Waals surface area contributed by atoms with Gasteiger partial charge < -0.3 is 15.5 Å². The molecule has 1 aliphatic rings. The second kappa shape index (κ2) is 10.9. The van der Waals surface area contributed by atoms with Gasteiger partial charge in [-0.15, -0.1) is 11.3 Å². The van der Waals surface area contributed by atoms with Crippen molar-refractivity contribution in [2.75, 3.05) is 25.0 Å². The third-order valence-corrected chi connectivity index (χ3v) is 6.48. The summed E-state index contributed by atoms with van der Waals surface area (Å²) in [5, 5.41) is 8.28. The Morgan fingerprint density at radius 1 is 1.18 bits per heavy atom. The molecule has 0 bridgehead atoms. The van der Waals surface area contributed by atoms with E-state index in [9.17, 15) is 14.4 Å². The maximum Gasteiger partial charge on any atom is 0.231 e. The number of nitrogens with zero attached hydrogens (tertiary/aromatic N) is 2. The first kappa shape index (κ1) is 24.9. The van der Waals surface area contributed by atoms with E-state index in [0.717, 1.165) is 36.9 Å². The minimum atomic E-state index is -0.441. The van der Waals surface area contributed by atoms with E-state index in [1.165, 1.54) is 23.8 Å². The normalized spacial score (nSPS) is 16.4. The molecule has 178 valence electrons. The Morgan fingerprint density at radius 2 is 1.91 bits per heavy atom. The summed E-state index contributed by atoms with van der Waals surface area (Å²) in [5.74, 6) is -0.197. The van der Waals surface area contributed by atoms with Crippen LogP contribution in [0.5, 0.6) is 0 Å². The summed E-state index contributed by atoms with van der Waals surface area (Å²) in [7, 11) is 0. The number of carbonyl (C=O) groups excluding carboxylic acids is 3. The molecule has 2 heterocycles. The van der Waals surface area contributed by atoms with Gasteiger partial charge in [0.15, 0.2) is 5.13 Å². The van der Waals surface area contributed by atoms with Crippen LogP contribution < -0.4 is 10.6 Å². The maximum absolute atomic E-state index is 12.8. The molecule has 2 aromatic rings. The Labute approximate surface area is 200 Å². The van der Waals surface area contributed by atoms with Crippen LogP contribution in [0.2, 0.25) is 0 Å². The highest BCUT2D eigenvalue weighted by Gasteiger charge is 2.33. The van der Waals surface area contributed by atoms with E-state index in [1.54, 1.807) is 0 Å². The Hall–Kier alpha value is -2.74. The van der Waals surface area contributed by atoms with Crippen LogP contribution in [0.25, 0.3) is 11.3 Å². The smallest absolute Gasteiger partial charge is 0.231 e. The first-order valence-corrected chi connectivity index (χ1v) is 12.4. The predicted molar refractivity (Wildman–Crippen MR) is 132 cm³/mol. The topological polar surface area (TPSA) is 91.4 Å². The Balaban J connectivity index is 1.54. The van der Waals surface area contributed by atoms with Crippen molar-refractivity contribution < 1.29 is 14.4 Å². The zero-order valence-electron chi connectivity index (χ0n) is 19.9. The van der Waals surface area contributed by atoms with Crippen LogP contribution in [0.4, 0.5) is 5.13 Å². The fourth-order valence-corrected chi connectivity index (χ4v) is 4.64. The SMILES string of the molecule is CC(=O)NCCCc1ccc(-c2csc(NC(=O)C3CCCN(C(=O)C(C)(C)C)C3)n2)cc1. The molecule has 0 spiro atoms. The van der Waals surface area contributed by atoms with Crippen LogP contribution in [0.1, 0.15) is 52.5 Å². The number of rotatable bonds is 7. The molecule has 1 saturated heterocycles. The molecule has 7 nitrogen and oxygen atoms in total. The lowest BCUT2D eigenvalue weighted by Crippen LogP contribution is -2.47. The third kappa shape index (κ3) is 7.12. The molecule has 0 saturated carbocycles. The average Bonchev–Trinajstić information content (AvgIpc) is 3.24. The fourth-order valence-electron chi connectivity index (χ4n) is 3.92. The van der Waals surface area contributed by atoms with E-state index in [1.807, 2.05) is 43.2 Å². The molecular formula is C25H34N4O3S. The van der Waals surface area contributed by atoms with Gasteiger partial charge in [-0.25, -0.2) is 4.98 Å². The van der Waals surface area contributed by atoms with Gasteiger partial charge in [0.1, 0.15) is 0 Å². The number of anilines is 1. The summed E-state index contributed by atoms with van der Waals surface area (Å²) in [4.78, 5) is 42.8. The van der Waals surface area contributed by atoms with Gasteiger partial charge in [0.05, 0.1) is 11.6 Å². The van der Waals surface area contributed by atoms with Gasteiger partial charge in [-0.05, 0) is 31.2 Å². The molecule has 1 atom stereocenters. The molecular weight excluding hydrogens is 436 g/mol. The molecule has 3 amide bonds. The summed E-state index contributed by atoms with van der Waals surface area (Å²) >= 11 is 1.41. The van der Waals surface area contributed by atoms with Crippen molar-refractivity contribution in [3.63, 3.8) is 0 Å². The quantitative estimate of drug-likeness (QED) is 0.596. The number of hydrogen-bond acceptors (Lipinski definition) is 5. The number of thiazole rings is 1. The summed E-state index contributed by atoms with van der Waals surface area (Å²) in [6, 6.07) is 8.21. The number of piperidine rings is 1. The second-order valence-electron chi connectivity index (χ2n) is 9.65. The van der Waals surface area contributed by atoms with E-state index >= 15 is 0 Å². The lowest BCUT2D eigenvalue weighted by Gasteiger charge is -2.35. The lowest BCUT2D eigenvalue weighted by molar-refractivity contribution is -0.142. The monoisotopic (exact) mass is 470 g/mol. The number of aryl methyl sites for hydroxylation is 1. The van der Waals surface area contributed by atoms with Crippen LogP contribution in [-0.2, 0) is 20.8 Å². The largest absolute Gasteiger partial charge is 0.356 e. The van der Waals surface area contributed by atoms with E-state index in [4.69, 9.17) is 0 Å². The summed E-state index contributed by atoms with van der Waals surface area (Å²) in [5.41, 5.74) is 2.59. The standard InChI is InChI=1S/C25H34N4O3S/c1-17(30)26-13-5-7-18-9-11-19(12-10-18)21-16-33-24(27-21)28-22(31)20-8-6-14-29(15-20)23(32)25(2,3)4/h9-12,16,20H,5-8,13-15H2,1-4H3,(H,26,30)(H,27,28,31). The van der Waals surface area contributed by atoms with Gasteiger partial charge in [0.2, 0.25) is 17.7 Å². The van der Waals surface area contributed by atoms with Gasteiger partial charge in [0, 0.05) is 42.9 Å². The molecule has 33 heavy (non-hydrogen) atoms. The third-order valence-electron chi connectivity index (χ3n) is 5.72. The molecule has 1 aromatic carbocycles. The van der Waals surface area contributed by atoms with Crippen molar-refractivity contribution in [3.8, 4) is 11.3 Å². The highest BCUT2D eigenvalue weighted by atomic mass is 32.1. The molecule has 0 radical (unpaired) electrons. The first-order valence-electron chi connectivity index (χ1n) is 11.5. The summed E-state index contributed by atoms with van der Waals surface area (Å²) in [6.07, 6.45) is 3.41. The van der Waals surface area contributed by atoms with Crippen molar-refractivity contribution in [2.24, 2.45) is 11.3 Å². The average molecular weight is 471 g/mol. The minimum absolute atomic E-state index is 0.00372. The van der Waals surface area contributed by atoms with E-state index < -0.39 is 5.41 Å². The van der Waals surface area contributed by atoms with Gasteiger partial charge in [-0.3, -0.25) is 14.4 Å². The number of nitrogens with one attached hydrogen (secondary N) is 2. The first-order chi connectivity index (χ1) is 15.6. The molecule has 3 rings (SSSR count). The highest BCUT2D eigenvalue weighted by molar-refractivity contribution is 7.14. The highest BCUT2D eigenvalue weighted by Crippen LogP contribution is 2.28. The number of carbonyl (C=O) groups is 3. The van der Waals surface area contributed by atoms with Gasteiger partial charge in [0.25, 0.3) is 0 Å². The van der Waals surface area contributed by atoms with Crippen molar-refractivity contribution >= 4 is 34.2 Å². The molecule has 2 N–H and O–H groups in total. The summed E-state index contributed by atoms with van der Waals surface area (Å²) in [6.45, 7) is 9.11. The molecule has 1 aliphatic heterocycles. The predicted octanol–water partition coefficient (Wildman–Crippen LogP) is 4.10. The van der Waals surface area contributed by atoms with Gasteiger partial charge >= 0.3 is 0 Å². The molecule has 1 fully saturated rings. The van der Waals surface area contributed by atoms with Crippen LogP contribution in [0, 0.1) is 11.3 Å². The molecule has 1 aromatic heterocycles. The second-order valence-corrected chi connectivity index (χ2v) is 10.5. The maximum atomic E-state index is 12.8. The molecule has 1 unspecified atom stereocenters. The van der Waals surface area contributed by atoms with E-state index in [-0.39, 0.29) is 23.6 Å². The van der Waals surface area contributed by atoms with Gasteiger partial charge in [-0.1, -0.05) is 45.0 Å². The van der Waals surface area contributed by atoms with Crippen LogP contribution in [0.15, 0.2) is 29.6 Å². The van der Waals surface area contributed by atoms with Crippen molar-refractivity contribution in [2.45, 2.75) is 53.4 Å². The van der Waals surface area contributed by atoms with Crippen molar-refractivity contribution in [1.82, 2.24) is 15.2 Å². The summed E-state index contributed by atoms with van der Waals surface area (Å²) < 4.78 is 0. The number of aromatic nitrogens is 1. The zero-order chi connectivity index (χ0) is 24.0. The number of likely N-dealkylation sites (tertiary alicyclic amines) is 1. The number of amides is 3. The zero-order valence-corrected chi connectivity index (χ0v) is 20.8. The Morgan fingerprint density at radius 3 is 2.58 bits per heavy atom. The lowest BCUT2D eigenvalue weighted by atomic mass is 9.91. The molecule has 0 aliphatic carbocycles. The van der Waals surface area contributed by atoms with Crippen LogP contribution >= 0.6 is 11.3 Å². The van der Waals surface area contributed by atoms with Crippen molar-refractivity contribution in [3.05, 3.63) is 35.2 Å². The van der Waals surface area contributed by atoms with Crippen molar-refractivity contribution in [1.29, 1.82) is 0 Å². The molecule has 8 heteroatoms.